The molecule has 0 N–H and O–H groups in total. The molecule has 2 fully saturated rings. The highest BCUT2D eigenvalue weighted by Gasteiger charge is 2.30. The number of carbonyl (C=O) groups excluding carboxylic acids is 1. The van der Waals surface area contributed by atoms with Crippen LogP contribution in [-0.2, 0) is 16.1 Å². The minimum absolute atomic E-state index is 0.0886. The quantitative estimate of drug-likeness (QED) is 0.765. The Kier molecular flexibility index (Phi) is 6.32. The minimum atomic E-state index is 0.0886. The average molecular weight is 342 g/mol. The molecule has 0 bridgehead atoms. The Balaban J connectivity index is 1.60. The van der Waals surface area contributed by atoms with Crippen LogP contribution in [0, 0.1) is 18.3 Å². The van der Waals surface area contributed by atoms with E-state index in [1.54, 1.807) is 0 Å². The number of morpholine rings is 1. The number of piperidine rings is 1. The Hall–Kier alpha value is -2.03. The maximum Gasteiger partial charge on any atom is 0.227 e. The first kappa shape index (κ1) is 17.8. The van der Waals surface area contributed by atoms with Crippen molar-refractivity contribution in [1.29, 1.82) is 0 Å². The maximum atomic E-state index is 12.8. The van der Waals surface area contributed by atoms with Crippen molar-refractivity contribution < 1.29 is 14.3 Å². The van der Waals surface area contributed by atoms with Crippen LogP contribution in [0.2, 0.25) is 0 Å². The Morgan fingerprint density at radius 1 is 1.28 bits per heavy atom. The zero-order valence-electron chi connectivity index (χ0n) is 14.7. The molecule has 2 heterocycles. The van der Waals surface area contributed by atoms with E-state index in [0.29, 0.717) is 13.2 Å². The highest BCUT2D eigenvalue weighted by atomic mass is 16.5. The van der Waals surface area contributed by atoms with Crippen LogP contribution >= 0.6 is 0 Å². The van der Waals surface area contributed by atoms with Crippen molar-refractivity contribution in [1.82, 2.24) is 9.80 Å². The first-order valence-electron chi connectivity index (χ1n) is 9.01. The highest BCUT2D eigenvalue weighted by Crippen LogP contribution is 2.24. The van der Waals surface area contributed by atoms with Gasteiger partial charge in [-0.1, -0.05) is 24.1 Å². The molecule has 0 aliphatic carbocycles. The van der Waals surface area contributed by atoms with Crippen LogP contribution in [0.15, 0.2) is 24.3 Å². The van der Waals surface area contributed by atoms with Crippen LogP contribution in [0.1, 0.15) is 18.4 Å². The van der Waals surface area contributed by atoms with Gasteiger partial charge >= 0.3 is 0 Å². The predicted octanol–water partition coefficient (Wildman–Crippen LogP) is 1.77. The topological polar surface area (TPSA) is 42.0 Å². The lowest BCUT2D eigenvalue weighted by Crippen LogP contribution is -2.48. The van der Waals surface area contributed by atoms with Crippen molar-refractivity contribution >= 4 is 5.91 Å². The molecule has 2 saturated heterocycles. The van der Waals surface area contributed by atoms with E-state index in [0.717, 1.165) is 56.9 Å². The molecule has 2 aliphatic heterocycles. The fraction of sp³-hybridized carbons (Fsp3) is 0.550. The summed E-state index contributed by atoms with van der Waals surface area (Å²) < 4.78 is 11.0. The second-order valence-electron chi connectivity index (χ2n) is 6.61. The van der Waals surface area contributed by atoms with E-state index in [1.807, 2.05) is 23.1 Å². The van der Waals surface area contributed by atoms with Gasteiger partial charge in [0.15, 0.2) is 0 Å². The van der Waals surface area contributed by atoms with Gasteiger partial charge in [-0.2, -0.15) is 0 Å². The SMILES string of the molecule is C#CCOc1ccccc1CN1CCC[C@H](C(=O)N2CCOCC2)C1. The van der Waals surface area contributed by atoms with Gasteiger partial charge in [-0.05, 0) is 25.5 Å². The van der Waals surface area contributed by atoms with Gasteiger partial charge in [-0.15, -0.1) is 6.42 Å². The molecular formula is C20H26N2O3. The molecule has 3 rings (SSSR count). The van der Waals surface area contributed by atoms with Crippen LogP contribution in [0.5, 0.6) is 5.75 Å². The van der Waals surface area contributed by atoms with Crippen molar-refractivity contribution in [3.05, 3.63) is 29.8 Å². The van der Waals surface area contributed by atoms with Crippen molar-refractivity contribution in [3.8, 4) is 18.1 Å². The molecule has 25 heavy (non-hydrogen) atoms. The third kappa shape index (κ3) is 4.75. The number of likely N-dealkylation sites (tertiary alicyclic amines) is 1. The Morgan fingerprint density at radius 2 is 2.08 bits per heavy atom. The van der Waals surface area contributed by atoms with Crippen LogP contribution in [0.3, 0.4) is 0 Å². The zero-order valence-corrected chi connectivity index (χ0v) is 14.7. The number of carbonyl (C=O) groups is 1. The van der Waals surface area contributed by atoms with Gasteiger partial charge in [0.25, 0.3) is 0 Å². The summed E-state index contributed by atoms with van der Waals surface area (Å²) in [6.07, 6.45) is 7.32. The standard InChI is InChI=1S/C20H26N2O3/c1-2-12-25-19-8-4-3-6-17(19)15-21-9-5-7-18(16-21)20(23)22-10-13-24-14-11-22/h1,3-4,6,8,18H,5,7,9-16H2/t18-/m0/s1. The summed E-state index contributed by atoms with van der Waals surface area (Å²) in [5.74, 6) is 3.72. The molecule has 1 atom stereocenters. The summed E-state index contributed by atoms with van der Waals surface area (Å²) >= 11 is 0. The largest absolute Gasteiger partial charge is 0.481 e. The maximum absolute atomic E-state index is 12.8. The molecule has 5 nitrogen and oxygen atoms in total. The van der Waals surface area contributed by atoms with E-state index in [9.17, 15) is 4.79 Å². The van der Waals surface area contributed by atoms with E-state index in [4.69, 9.17) is 15.9 Å². The number of amides is 1. The highest BCUT2D eigenvalue weighted by molar-refractivity contribution is 5.79. The smallest absolute Gasteiger partial charge is 0.227 e. The normalized spacial score (nSPS) is 21.6. The van der Waals surface area contributed by atoms with E-state index in [1.165, 1.54) is 0 Å². The number of hydrogen-bond donors (Lipinski definition) is 0. The van der Waals surface area contributed by atoms with Gasteiger partial charge in [-0.25, -0.2) is 0 Å². The summed E-state index contributed by atoms with van der Waals surface area (Å²) in [7, 11) is 0. The number of hydrogen-bond acceptors (Lipinski definition) is 4. The third-order valence-corrected chi connectivity index (χ3v) is 4.86. The fourth-order valence-corrected chi connectivity index (χ4v) is 3.58. The van der Waals surface area contributed by atoms with Gasteiger partial charge in [0.1, 0.15) is 12.4 Å². The second kappa shape index (κ2) is 8.89. The number of para-hydroxylation sites is 1. The van der Waals surface area contributed by atoms with Crippen molar-refractivity contribution in [2.24, 2.45) is 5.92 Å². The number of benzene rings is 1. The average Bonchev–Trinajstić information content (AvgIpc) is 2.67. The van der Waals surface area contributed by atoms with Crippen LogP contribution in [-0.4, -0.2) is 61.7 Å². The van der Waals surface area contributed by atoms with Gasteiger partial charge in [0, 0.05) is 31.7 Å². The molecule has 0 aromatic heterocycles. The summed E-state index contributed by atoms with van der Waals surface area (Å²) in [5, 5.41) is 0. The van der Waals surface area contributed by atoms with Crippen molar-refractivity contribution in [3.63, 3.8) is 0 Å². The molecule has 1 aromatic carbocycles. The Bertz CT molecular complexity index is 620. The lowest BCUT2D eigenvalue weighted by molar-refractivity contribution is -0.141. The monoisotopic (exact) mass is 342 g/mol. The molecule has 1 amide bonds. The first-order chi connectivity index (χ1) is 12.3. The summed E-state index contributed by atoms with van der Waals surface area (Å²) in [4.78, 5) is 17.1. The molecule has 0 radical (unpaired) electrons. The van der Waals surface area contributed by atoms with E-state index in [2.05, 4.69) is 16.9 Å². The predicted molar refractivity (Wildman–Crippen MR) is 96.2 cm³/mol. The van der Waals surface area contributed by atoms with Crippen LogP contribution in [0.25, 0.3) is 0 Å². The lowest BCUT2D eigenvalue weighted by Gasteiger charge is -2.36. The molecule has 134 valence electrons. The van der Waals surface area contributed by atoms with E-state index >= 15 is 0 Å². The second-order valence-corrected chi connectivity index (χ2v) is 6.61. The summed E-state index contributed by atoms with van der Waals surface area (Å²) in [5.41, 5.74) is 1.12. The fourth-order valence-electron chi connectivity index (χ4n) is 3.58. The molecular weight excluding hydrogens is 316 g/mol. The number of terminal acetylenes is 1. The Labute approximate surface area is 149 Å². The Morgan fingerprint density at radius 3 is 2.88 bits per heavy atom. The van der Waals surface area contributed by atoms with E-state index in [-0.39, 0.29) is 18.4 Å². The van der Waals surface area contributed by atoms with Gasteiger partial charge < -0.3 is 14.4 Å². The number of nitrogens with zero attached hydrogens (tertiary/aromatic N) is 2. The van der Waals surface area contributed by atoms with Crippen molar-refractivity contribution in [2.75, 3.05) is 46.0 Å². The number of rotatable bonds is 5. The first-order valence-corrected chi connectivity index (χ1v) is 9.01. The lowest BCUT2D eigenvalue weighted by atomic mass is 9.95. The molecule has 0 saturated carbocycles. The van der Waals surface area contributed by atoms with Crippen LogP contribution in [0.4, 0.5) is 0 Å². The van der Waals surface area contributed by atoms with E-state index < -0.39 is 0 Å². The minimum Gasteiger partial charge on any atom is -0.481 e. The molecule has 2 aliphatic rings. The van der Waals surface area contributed by atoms with Gasteiger partial charge in [0.05, 0.1) is 19.1 Å². The summed E-state index contributed by atoms with van der Waals surface area (Å²) in [6.45, 7) is 5.62. The third-order valence-electron chi connectivity index (χ3n) is 4.86. The number of ether oxygens (including phenoxy) is 2. The van der Waals surface area contributed by atoms with Crippen LogP contribution < -0.4 is 4.74 Å². The molecule has 0 unspecified atom stereocenters. The van der Waals surface area contributed by atoms with Gasteiger partial charge in [0.2, 0.25) is 5.91 Å². The zero-order chi connectivity index (χ0) is 17.5. The van der Waals surface area contributed by atoms with Crippen molar-refractivity contribution in [2.45, 2.75) is 19.4 Å². The van der Waals surface area contributed by atoms with Gasteiger partial charge in [-0.3, -0.25) is 9.69 Å². The summed E-state index contributed by atoms with van der Waals surface area (Å²) in [6, 6.07) is 7.99. The molecule has 1 aromatic rings. The molecule has 0 spiro atoms. The molecule has 5 heteroatoms.